The monoisotopic (exact) mass is 303 g/mol. The van der Waals surface area contributed by atoms with Crippen molar-refractivity contribution in [1.82, 2.24) is 9.80 Å². The molecule has 1 fully saturated rings. The van der Waals surface area contributed by atoms with E-state index in [2.05, 4.69) is 0 Å². The van der Waals surface area contributed by atoms with Crippen molar-refractivity contribution in [3.05, 3.63) is 35.9 Å². The summed E-state index contributed by atoms with van der Waals surface area (Å²) in [5.41, 5.74) is 6.36. The number of hydrogen-bond acceptors (Lipinski definition) is 3. The first kappa shape index (κ1) is 16.5. The maximum atomic E-state index is 12.9. The van der Waals surface area contributed by atoms with Crippen molar-refractivity contribution in [3.8, 4) is 0 Å². The van der Waals surface area contributed by atoms with E-state index in [0.717, 1.165) is 5.56 Å². The van der Waals surface area contributed by atoms with Crippen LogP contribution in [0, 0.1) is 5.92 Å². The highest BCUT2D eigenvalue weighted by Crippen LogP contribution is 2.27. The first-order valence-electron chi connectivity index (χ1n) is 7.64. The lowest BCUT2D eigenvalue weighted by molar-refractivity contribution is -0.159. The number of amides is 2. The van der Waals surface area contributed by atoms with Gasteiger partial charge in [-0.2, -0.15) is 0 Å². The van der Waals surface area contributed by atoms with Gasteiger partial charge < -0.3 is 15.5 Å². The zero-order chi connectivity index (χ0) is 16.5. The maximum absolute atomic E-state index is 12.9. The molecule has 0 bridgehead atoms. The summed E-state index contributed by atoms with van der Waals surface area (Å²) in [5.74, 6) is -0.478. The summed E-state index contributed by atoms with van der Waals surface area (Å²) in [4.78, 5) is 28.5. The summed E-state index contributed by atoms with van der Waals surface area (Å²) < 4.78 is 0. The fourth-order valence-electron chi connectivity index (χ4n) is 2.96. The average Bonchev–Trinajstić information content (AvgIpc) is 2.51. The van der Waals surface area contributed by atoms with Crippen LogP contribution in [0.4, 0.5) is 0 Å². The average molecular weight is 303 g/mol. The Morgan fingerprint density at radius 3 is 2.41 bits per heavy atom. The number of carbonyl (C=O) groups is 2. The number of likely N-dealkylation sites (N-methyl/N-ethyl adjacent to an activating group) is 1. The van der Waals surface area contributed by atoms with Crippen molar-refractivity contribution in [3.63, 3.8) is 0 Å². The van der Waals surface area contributed by atoms with Gasteiger partial charge in [0.1, 0.15) is 5.54 Å². The minimum Gasteiger partial charge on any atom is -0.342 e. The molecule has 0 radical (unpaired) electrons. The number of rotatable bonds is 3. The number of benzene rings is 1. The van der Waals surface area contributed by atoms with Crippen LogP contribution in [0.15, 0.2) is 30.3 Å². The highest BCUT2D eigenvalue weighted by Gasteiger charge is 2.44. The predicted octanol–water partition coefficient (Wildman–Crippen LogP) is 1.40. The van der Waals surface area contributed by atoms with E-state index in [9.17, 15) is 9.59 Å². The molecule has 2 unspecified atom stereocenters. The Kier molecular flexibility index (Phi) is 4.56. The van der Waals surface area contributed by atoms with E-state index in [1.807, 2.05) is 37.3 Å². The fraction of sp³-hybridized carbons (Fsp3) is 0.529. The summed E-state index contributed by atoms with van der Waals surface area (Å²) >= 11 is 0. The lowest BCUT2D eigenvalue weighted by Gasteiger charge is -2.46. The molecular weight excluding hydrogens is 278 g/mol. The topological polar surface area (TPSA) is 66.6 Å². The van der Waals surface area contributed by atoms with Crippen LogP contribution in [0.2, 0.25) is 0 Å². The molecule has 1 saturated heterocycles. The summed E-state index contributed by atoms with van der Waals surface area (Å²) in [6.45, 7) is 6.52. The molecule has 5 heteroatoms. The predicted molar refractivity (Wildman–Crippen MR) is 86.0 cm³/mol. The summed E-state index contributed by atoms with van der Waals surface area (Å²) in [6, 6.07) is 9.22. The van der Waals surface area contributed by atoms with Gasteiger partial charge in [0.15, 0.2) is 0 Å². The van der Waals surface area contributed by atoms with Crippen molar-refractivity contribution in [2.24, 2.45) is 11.7 Å². The van der Waals surface area contributed by atoms with Crippen LogP contribution in [-0.4, -0.2) is 47.3 Å². The minimum absolute atomic E-state index is 0.0346. The molecule has 2 rings (SSSR count). The standard InChI is InChI=1S/C17H25N3O2/c1-12(14(18)13-8-6-5-7-9-13)15(21)20-11-10-19(4)16(22)17(20,2)3/h5-9,12,14H,10-11,18H2,1-4H3. The molecule has 2 atom stereocenters. The van der Waals surface area contributed by atoms with Crippen LogP contribution in [-0.2, 0) is 9.59 Å². The molecule has 1 aromatic rings. The van der Waals surface area contributed by atoms with E-state index < -0.39 is 5.54 Å². The number of nitrogens with zero attached hydrogens (tertiary/aromatic N) is 2. The minimum atomic E-state index is -0.825. The van der Waals surface area contributed by atoms with Crippen LogP contribution >= 0.6 is 0 Å². The molecule has 0 aliphatic carbocycles. The number of carbonyl (C=O) groups excluding carboxylic acids is 2. The van der Waals surface area contributed by atoms with Gasteiger partial charge in [-0.25, -0.2) is 0 Å². The van der Waals surface area contributed by atoms with E-state index in [-0.39, 0.29) is 23.8 Å². The Bertz CT molecular complexity index is 556. The van der Waals surface area contributed by atoms with Crippen LogP contribution < -0.4 is 5.73 Å². The smallest absolute Gasteiger partial charge is 0.247 e. The van der Waals surface area contributed by atoms with Gasteiger partial charge in [0.05, 0.1) is 5.92 Å². The highest BCUT2D eigenvalue weighted by molar-refractivity contribution is 5.92. The molecule has 1 aliphatic rings. The van der Waals surface area contributed by atoms with Gasteiger partial charge in [-0.1, -0.05) is 37.3 Å². The van der Waals surface area contributed by atoms with Gasteiger partial charge in [0.2, 0.25) is 11.8 Å². The van der Waals surface area contributed by atoms with E-state index in [1.165, 1.54) is 0 Å². The molecule has 0 aromatic heterocycles. The summed E-state index contributed by atoms with van der Waals surface area (Å²) in [6.07, 6.45) is 0. The van der Waals surface area contributed by atoms with Crippen molar-refractivity contribution in [2.75, 3.05) is 20.1 Å². The number of piperazine rings is 1. The second-order valence-electron chi connectivity index (χ2n) is 6.50. The zero-order valence-electron chi connectivity index (χ0n) is 13.7. The third kappa shape index (κ3) is 2.86. The van der Waals surface area contributed by atoms with Crippen LogP contribution in [0.25, 0.3) is 0 Å². The molecule has 1 heterocycles. The third-order valence-corrected chi connectivity index (χ3v) is 4.58. The number of hydrogen-bond donors (Lipinski definition) is 1. The summed E-state index contributed by atoms with van der Waals surface area (Å²) in [7, 11) is 1.77. The second kappa shape index (κ2) is 6.08. The molecule has 2 amide bonds. The van der Waals surface area contributed by atoms with E-state index in [1.54, 1.807) is 30.7 Å². The molecule has 1 aromatic carbocycles. The molecule has 0 saturated carbocycles. The Morgan fingerprint density at radius 1 is 1.23 bits per heavy atom. The molecule has 0 spiro atoms. The van der Waals surface area contributed by atoms with Gasteiger partial charge in [-0.15, -0.1) is 0 Å². The molecule has 2 N–H and O–H groups in total. The van der Waals surface area contributed by atoms with Crippen LogP contribution in [0.5, 0.6) is 0 Å². The van der Waals surface area contributed by atoms with E-state index in [0.29, 0.717) is 13.1 Å². The van der Waals surface area contributed by atoms with Gasteiger partial charge in [0.25, 0.3) is 0 Å². The molecule has 5 nitrogen and oxygen atoms in total. The first-order chi connectivity index (χ1) is 10.3. The van der Waals surface area contributed by atoms with E-state index >= 15 is 0 Å². The quantitative estimate of drug-likeness (QED) is 0.918. The lowest BCUT2D eigenvalue weighted by Crippen LogP contribution is -2.64. The van der Waals surface area contributed by atoms with Crippen molar-refractivity contribution in [2.45, 2.75) is 32.4 Å². The van der Waals surface area contributed by atoms with Crippen molar-refractivity contribution in [1.29, 1.82) is 0 Å². The zero-order valence-corrected chi connectivity index (χ0v) is 13.7. The molecule has 1 aliphatic heterocycles. The summed E-state index contributed by atoms with van der Waals surface area (Å²) in [5, 5.41) is 0. The van der Waals surface area contributed by atoms with Crippen LogP contribution in [0.3, 0.4) is 0 Å². The SMILES string of the molecule is CC(C(=O)N1CCN(C)C(=O)C1(C)C)C(N)c1ccccc1. The molecule has 120 valence electrons. The van der Waals surface area contributed by atoms with Gasteiger partial charge in [0, 0.05) is 26.2 Å². The van der Waals surface area contributed by atoms with Crippen molar-refractivity contribution < 1.29 is 9.59 Å². The molecule has 22 heavy (non-hydrogen) atoms. The highest BCUT2D eigenvalue weighted by atomic mass is 16.2. The Morgan fingerprint density at radius 2 is 1.82 bits per heavy atom. The lowest BCUT2D eigenvalue weighted by atomic mass is 9.90. The number of nitrogens with two attached hydrogens (primary N) is 1. The maximum Gasteiger partial charge on any atom is 0.247 e. The Hall–Kier alpha value is -1.88. The largest absolute Gasteiger partial charge is 0.342 e. The van der Waals surface area contributed by atoms with Gasteiger partial charge in [-0.05, 0) is 19.4 Å². The fourth-order valence-corrected chi connectivity index (χ4v) is 2.96. The van der Waals surface area contributed by atoms with E-state index in [4.69, 9.17) is 5.73 Å². The Balaban J connectivity index is 2.18. The Labute approximate surface area is 132 Å². The molecular formula is C17H25N3O2. The third-order valence-electron chi connectivity index (χ3n) is 4.58. The van der Waals surface area contributed by atoms with Crippen molar-refractivity contribution >= 4 is 11.8 Å². The van der Waals surface area contributed by atoms with Crippen LogP contribution in [0.1, 0.15) is 32.4 Å². The first-order valence-corrected chi connectivity index (χ1v) is 7.64. The second-order valence-corrected chi connectivity index (χ2v) is 6.50. The van der Waals surface area contributed by atoms with Gasteiger partial charge >= 0.3 is 0 Å². The normalized spacial score (nSPS) is 20.7. The van der Waals surface area contributed by atoms with Gasteiger partial charge in [-0.3, -0.25) is 9.59 Å².